The van der Waals surface area contributed by atoms with Crippen molar-refractivity contribution < 1.29 is 13.9 Å². The van der Waals surface area contributed by atoms with Crippen molar-refractivity contribution in [2.75, 3.05) is 0 Å². The molecule has 2 aromatic carbocycles. The lowest BCUT2D eigenvalue weighted by molar-refractivity contribution is 0.0947. The standard InChI is InChI=1S/C20H19NO3/c22-20(19-10-11-23-15-19)21-12-17-8-4-5-9-18(17)14-24-13-16-6-2-1-3-7-16/h1-11,15H,12-14H2,(H,21,22). The average Bonchev–Trinajstić information content (AvgIpc) is 3.16. The number of benzene rings is 2. The maximum atomic E-state index is 12.0. The number of nitrogens with one attached hydrogen (secondary N) is 1. The molecule has 0 unspecified atom stereocenters. The number of amides is 1. The molecule has 0 aliphatic carbocycles. The molecule has 1 heterocycles. The van der Waals surface area contributed by atoms with Gasteiger partial charge in [0, 0.05) is 6.54 Å². The topological polar surface area (TPSA) is 51.5 Å². The van der Waals surface area contributed by atoms with Gasteiger partial charge in [-0.15, -0.1) is 0 Å². The second-order valence-electron chi connectivity index (χ2n) is 5.44. The van der Waals surface area contributed by atoms with E-state index in [4.69, 9.17) is 9.15 Å². The van der Waals surface area contributed by atoms with Crippen molar-refractivity contribution >= 4 is 5.91 Å². The highest BCUT2D eigenvalue weighted by molar-refractivity contribution is 5.93. The Labute approximate surface area is 141 Å². The van der Waals surface area contributed by atoms with Crippen molar-refractivity contribution in [1.29, 1.82) is 0 Å². The molecule has 0 bridgehead atoms. The first-order chi connectivity index (χ1) is 11.8. The van der Waals surface area contributed by atoms with Crippen molar-refractivity contribution in [2.24, 2.45) is 0 Å². The zero-order valence-electron chi connectivity index (χ0n) is 13.3. The summed E-state index contributed by atoms with van der Waals surface area (Å²) in [7, 11) is 0. The molecule has 24 heavy (non-hydrogen) atoms. The van der Waals surface area contributed by atoms with Crippen LogP contribution in [0.2, 0.25) is 0 Å². The van der Waals surface area contributed by atoms with E-state index in [1.54, 1.807) is 6.07 Å². The Morgan fingerprint density at radius 3 is 2.42 bits per heavy atom. The van der Waals surface area contributed by atoms with Gasteiger partial charge in [-0.05, 0) is 22.8 Å². The SMILES string of the molecule is O=C(NCc1ccccc1COCc1ccccc1)c1ccoc1. The Hall–Kier alpha value is -2.85. The summed E-state index contributed by atoms with van der Waals surface area (Å²) in [5.41, 5.74) is 3.78. The van der Waals surface area contributed by atoms with Gasteiger partial charge in [-0.3, -0.25) is 4.79 Å². The van der Waals surface area contributed by atoms with Crippen LogP contribution in [0.1, 0.15) is 27.0 Å². The van der Waals surface area contributed by atoms with Crippen molar-refractivity contribution in [3.63, 3.8) is 0 Å². The van der Waals surface area contributed by atoms with Crippen molar-refractivity contribution in [2.45, 2.75) is 19.8 Å². The van der Waals surface area contributed by atoms with E-state index in [0.717, 1.165) is 16.7 Å². The van der Waals surface area contributed by atoms with Crippen LogP contribution in [0.15, 0.2) is 77.6 Å². The van der Waals surface area contributed by atoms with E-state index in [0.29, 0.717) is 25.3 Å². The van der Waals surface area contributed by atoms with Crippen LogP contribution in [0, 0.1) is 0 Å². The second-order valence-corrected chi connectivity index (χ2v) is 5.44. The fourth-order valence-electron chi connectivity index (χ4n) is 2.40. The molecular formula is C20H19NO3. The fraction of sp³-hybridized carbons (Fsp3) is 0.150. The zero-order valence-corrected chi connectivity index (χ0v) is 13.3. The van der Waals surface area contributed by atoms with Crippen LogP contribution in [-0.4, -0.2) is 5.91 Å². The van der Waals surface area contributed by atoms with Crippen LogP contribution in [-0.2, 0) is 24.5 Å². The normalized spacial score (nSPS) is 10.5. The van der Waals surface area contributed by atoms with E-state index in [-0.39, 0.29) is 5.91 Å². The lowest BCUT2D eigenvalue weighted by atomic mass is 10.1. The number of furan rings is 1. The summed E-state index contributed by atoms with van der Waals surface area (Å²) >= 11 is 0. The number of hydrogen-bond acceptors (Lipinski definition) is 3. The molecule has 3 rings (SSSR count). The highest BCUT2D eigenvalue weighted by Gasteiger charge is 2.08. The summed E-state index contributed by atoms with van der Waals surface area (Å²) in [6.45, 7) is 1.53. The van der Waals surface area contributed by atoms with Crippen molar-refractivity contribution in [1.82, 2.24) is 5.32 Å². The molecule has 0 spiro atoms. The maximum Gasteiger partial charge on any atom is 0.254 e. The molecule has 3 aromatic rings. The molecule has 0 aliphatic rings. The minimum atomic E-state index is -0.149. The number of rotatable bonds is 7. The van der Waals surface area contributed by atoms with Gasteiger partial charge in [-0.25, -0.2) is 0 Å². The molecule has 122 valence electrons. The largest absolute Gasteiger partial charge is 0.472 e. The Balaban J connectivity index is 1.55. The molecule has 1 aromatic heterocycles. The Morgan fingerprint density at radius 2 is 1.67 bits per heavy atom. The Bertz CT molecular complexity index is 767. The maximum absolute atomic E-state index is 12.0. The minimum Gasteiger partial charge on any atom is -0.472 e. The van der Waals surface area contributed by atoms with Crippen LogP contribution >= 0.6 is 0 Å². The molecule has 4 nitrogen and oxygen atoms in total. The van der Waals surface area contributed by atoms with Gasteiger partial charge in [0.15, 0.2) is 0 Å². The van der Waals surface area contributed by atoms with Crippen LogP contribution in [0.25, 0.3) is 0 Å². The molecule has 0 saturated heterocycles. The molecule has 0 fully saturated rings. The predicted molar refractivity (Wildman–Crippen MR) is 91.3 cm³/mol. The van der Waals surface area contributed by atoms with E-state index in [2.05, 4.69) is 5.32 Å². The molecule has 0 saturated carbocycles. The first kappa shape index (κ1) is 16.0. The van der Waals surface area contributed by atoms with E-state index >= 15 is 0 Å². The lowest BCUT2D eigenvalue weighted by Crippen LogP contribution is -2.23. The minimum absolute atomic E-state index is 0.149. The van der Waals surface area contributed by atoms with Gasteiger partial charge in [0.1, 0.15) is 6.26 Å². The third kappa shape index (κ3) is 4.33. The van der Waals surface area contributed by atoms with E-state index in [1.807, 2.05) is 54.6 Å². The fourth-order valence-corrected chi connectivity index (χ4v) is 2.40. The third-order valence-corrected chi connectivity index (χ3v) is 3.71. The third-order valence-electron chi connectivity index (χ3n) is 3.71. The van der Waals surface area contributed by atoms with E-state index < -0.39 is 0 Å². The average molecular weight is 321 g/mol. The van der Waals surface area contributed by atoms with Crippen molar-refractivity contribution in [3.05, 3.63) is 95.4 Å². The summed E-state index contributed by atoms with van der Waals surface area (Å²) in [6.07, 6.45) is 2.92. The molecule has 4 heteroatoms. The Morgan fingerprint density at radius 1 is 0.917 bits per heavy atom. The van der Waals surface area contributed by atoms with Gasteiger partial charge in [0.2, 0.25) is 0 Å². The summed E-state index contributed by atoms with van der Waals surface area (Å²) in [5.74, 6) is -0.149. The lowest BCUT2D eigenvalue weighted by Gasteiger charge is -2.11. The smallest absolute Gasteiger partial charge is 0.254 e. The monoisotopic (exact) mass is 321 g/mol. The van der Waals surface area contributed by atoms with Gasteiger partial charge >= 0.3 is 0 Å². The first-order valence-electron chi connectivity index (χ1n) is 7.82. The van der Waals surface area contributed by atoms with Gasteiger partial charge in [0.05, 0.1) is 25.0 Å². The predicted octanol–water partition coefficient (Wildman–Crippen LogP) is 3.93. The van der Waals surface area contributed by atoms with Crippen LogP contribution in [0.5, 0.6) is 0 Å². The molecule has 0 atom stereocenters. The van der Waals surface area contributed by atoms with E-state index in [9.17, 15) is 4.79 Å². The molecule has 0 radical (unpaired) electrons. The number of carbonyl (C=O) groups excluding carboxylic acids is 1. The summed E-state index contributed by atoms with van der Waals surface area (Å²) < 4.78 is 10.7. The van der Waals surface area contributed by atoms with Crippen LogP contribution < -0.4 is 5.32 Å². The summed E-state index contributed by atoms with van der Waals surface area (Å²) in [6, 6.07) is 19.7. The molecule has 1 amide bonds. The van der Waals surface area contributed by atoms with Crippen LogP contribution in [0.3, 0.4) is 0 Å². The first-order valence-corrected chi connectivity index (χ1v) is 7.82. The highest BCUT2D eigenvalue weighted by atomic mass is 16.5. The van der Waals surface area contributed by atoms with E-state index in [1.165, 1.54) is 12.5 Å². The number of ether oxygens (including phenoxy) is 1. The molecule has 0 aliphatic heterocycles. The summed E-state index contributed by atoms with van der Waals surface area (Å²) in [5, 5.41) is 2.90. The highest BCUT2D eigenvalue weighted by Crippen LogP contribution is 2.12. The second kappa shape index (κ2) is 8.13. The number of carbonyl (C=O) groups is 1. The van der Waals surface area contributed by atoms with Gasteiger partial charge in [-0.1, -0.05) is 54.6 Å². The number of hydrogen-bond donors (Lipinski definition) is 1. The Kier molecular flexibility index (Phi) is 5.43. The van der Waals surface area contributed by atoms with Gasteiger partial charge < -0.3 is 14.5 Å². The molecular weight excluding hydrogens is 302 g/mol. The molecule has 1 N–H and O–H groups in total. The van der Waals surface area contributed by atoms with Crippen molar-refractivity contribution in [3.8, 4) is 0 Å². The quantitative estimate of drug-likeness (QED) is 0.717. The van der Waals surface area contributed by atoms with Gasteiger partial charge in [-0.2, -0.15) is 0 Å². The zero-order chi connectivity index (χ0) is 16.6. The van der Waals surface area contributed by atoms with Crippen LogP contribution in [0.4, 0.5) is 0 Å². The summed E-state index contributed by atoms with van der Waals surface area (Å²) in [4.78, 5) is 12.0. The van der Waals surface area contributed by atoms with Gasteiger partial charge in [0.25, 0.3) is 5.91 Å².